The first kappa shape index (κ1) is 10.7. The maximum Gasteiger partial charge on any atom is 0.416 e. The topological polar surface area (TPSA) is 17.8 Å². The molecule has 0 bridgehead atoms. The highest BCUT2D eigenvalue weighted by atomic mass is 19.4. The van der Waals surface area contributed by atoms with Gasteiger partial charge in [-0.05, 0) is 12.1 Å². The molecule has 0 aliphatic rings. The van der Waals surface area contributed by atoms with Gasteiger partial charge < -0.3 is 4.57 Å². The summed E-state index contributed by atoms with van der Waals surface area (Å²) >= 11 is 0. The number of imidazole rings is 1. The van der Waals surface area contributed by atoms with Crippen molar-refractivity contribution in [1.82, 2.24) is 9.55 Å². The second kappa shape index (κ2) is 3.66. The number of halogens is 3. The van der Waals surface area contributed by atoms with Crippen LogP contribution in [0.4, 0.5) is 13.2 Å². The molecule has 0 amide bonds. The van der Waals surface area contributed by atoms with Crippen LogP contribution in [0.25, 0.3) is 11.3 Å². The van der Waals surface area contributed by atoms with Crippen LogP contribution in [0.1, 0.15) is 5.56 Å². The highest BCUT2D eigenvalue weighted by molar-refractivity contribution is 5.59. The molecule has 0 unspecified atom stereocenters. The van der Waals surface area contributed by atoms with E-state index in [0.29, 0.717) is 11.3 Å². The van der Waals surface area contributed by atoms with Gasteiger partial charge in [0.15, 0.2) is 0 Å². The van der Waals surface area contributed by atoms with E-state index in [0.717, 1.165) is 12.1 Å². The average Bonchev–Trinajstić information content (AvgIpc) is 2.64. The molecule has 84 valence electrons. The van der Waals surface area contributed by atoms with Gasteiger partial charge in [-0.2, -0.15) is 13.2 Å². The predicted octanol–water partition coefficient (Wildman–Crippen LogP) is 3.11. The Morgan fingerprint density at radius 2 is 2.00 bits per heavy atom. The van der Waals surface area contributed by atoms with Gasteiger partial charge in [0.1, 0.15) is 0 Å². The summed E-state index contributed by atoms with van der Waals surface area (Å²) in [6.45, 7) is 0. The summed E-state index contributed by atoms with van der Waals surface area (Å²) in [5.74, 6) is 0. The molecule has 2 nitrogen and oxygen atoms in total. The lowest BCUT2D eigenvalue weighted by Crippen LogP contribution is -2.04. The summed E-state index contributed by atoms with van der Waals surface area (Å²) in [5.41, 5.74) is 0.347. The van der Waals surface area contributed by atoms with Crippen molar-refractivity contribution in [3.63, 3.8) is 0 Å². The minimum absolute atomic E-state index is 0.468. The van der Waals surface area contributed by atoms with E-state index in [1.807, 2.05) is 0 Å². The van der Waals surface area contributed by atoms with Crippen molar-refractivity contribution in [3.8, 4) is 11.3 Å². The molecule has 2 aromatic rings. The summed E-state index contributed by atoms with van der Waals surface area (Å²) in [6, 6.07) is 5.14. The fourth-order valence-corrected chi connectivity index (χ4v) is 1.42. The molecular weight excluding hydrogens is 217 g/mol. The highest BCUT2D eigenvalue weighted by Crippen LogP contribution is 2.31. The third-order valence-electron chi connectivity index (χ3n) is 2.19. The summed E-state index contributed by atoms with van der Waals surface area (Å²) in [6.07, 6.45) is -1.09. The van der Waals surface area contributed by atoms with Crippen LogP contribution in [-0.4, -0.2) is 9.55 Å². The molecule has 1 aromatic carbocycles. The largest absolute Gasteiger partial charge is 0.416 e. The summed E-state index contributed by atoms with van der Waals surface area (Å²) < 4.78 is 39.1. The zero-order chi connectivity index (χ0) is 11.8. The van der Waals surface area contributed by atoms with Crippen LogP contribution in [0.5, 0.6) is 0 Å². The van der Waals surface area contributed by atoms with Crippen LogP contribution in [0.3, 0.4) is 0 Å². The van der Waals surface area contributed by atoms with Crippen molar-refractivity contribution in [1.29, 1.82) is 0 Å². The number of hydrogen-bond acceptors (Lipinski definition) is 1. The first-order chi connectivity index (χ1) is 7.47. The number of rotatable bonds is 1. The van der Waals surface area contributed by atoms with Crippen molar-refractivity contribution in [3.05, 3.63) is 42.4 Å². The molecular formula is C11H9F3N2. The van der Waals surface area contributed by atoms with Crippen molar-refractivity contribution in [2.45, 2.75) is 6.18 Å². The lowest BCUT2D eigenvalue weighted by atomic mass is 10.1. The molecule has 0 saturated heterocycles. The fraction of sp³-hybridized carbons (Fsp3) is 0.182. The Bertz CT molecular complexity index is 500. The van der Waals surface area contributed by atoms with Gasteiger partial charge in [-0.25, -0.2) is 4.98 Å². The van der Waals surface area contributed by atoms with E-state index in [-0.39, 0.29) is 0 Å². The minimum Gasteiger partial charge on any atom is -0.340 e. The molecule has 0 fully saturated rings. The third-order valence-corrected chi connectivity index (χ3v) is 2.19. The van der Waals surface area contributed by atoms with Crippen LogP contribution in [-0.2, 0) is 13.2 Å². The number of aromatic nitrogens is 2. The maximum atomic E-state index is 12.5. The Hall–Kier alpha value is -1.78. The zero-order valence-electron chi connectivity index (χ0n) is 8.49. The van der Waals surface area contributed by atoms with Gasteiger partial charge in [0.25, 0.3) is 0 Å². The van der Waals surface area contributed by atoms with Crippen LogP contribution in [0.15, 0.2) is 36.8 Å². The Morgan fingerprint density at radius 1 is 1.25 bits per heavy atom. The first-order valence-electron chi connectivity index (χ1n) is 4.62. The molecule has 1 aromatic heterocycles. The average molecular weight is 226 g/mol. The van der Waals surface area contributed by atoms with Gasteiger partial charge in [0, 0.05) is 18.8 Å². The second-order valence-corrected chi connectivity index (χ2v) is 3.50. The number of nitrogens with zero attached hydrogens (tertiary/aromatic N) is 2. The summed E-state index contributed by atoms with van der Waals surface area (Å²) in [7, 11) is 1.77. The van der Waals surface area contributed by atoms with E-state index in [4.69, 9.17) is 0 Å². The van der Waals surface area contributed by atoms with Crippen molar-refractivity contribution in [2.24, 2.45) is 7.05 Å². The van der Waals surface area contributed by atoms with Crippen LogP contribution >= 0.6 is 0 Å². The van der Waals surface area contributed by atoms with Crippen molar-refractivity contribution < 1.29 is 13.2 Å². The molecule has 0 spiro atoms. The van der Waals surface area contributed by atoms with E-state index in [1.165, 1.54) is 6.07 Å². The summed E-state index contributed by atoms with van der Waals surface area (Å²) in [5, 5.41) is 0. The van der Waals surface area contributed by atoms with E-state index in [1.54, 1.807) is 30.2 Å². The maximum absolute atomic E-state index is 12.5. The number of benzene rings is 1. The van der Waals surface area contributed by atoms with Gasteiger partial charge in [0.05, 0.1) is 17.6 Å². The quantitative estimate of drug-likeness (QED) is 0.730. The lowest BCUT2D eigenvalue weighted by Gasteiger charge is -2.07. The van der Waals surface area contributed by atoms with Gasteiger partial charge >= 0.3 is 6.18 Å². The number of aryl methyl sites for hydroxylation is 1. The van der Waals surface area contributed by atoms with Crippen molar-refractivity contribution in [2.75, 3.05) is 0 Å². The second-order valence-electron chi connectivity index (χ2n) is 3.50. The van der Waals surface area contributed by atoms with Crippen LogP contribution < -0.4 is 0 Å². The standard InChI is InChI=1S/C11H9F3N2/c1-16-6-10(15-7-16)8-3-2-4-9(5-8)11(12,13)14/h2-7H,1H3. The van der Waals surface area contributed by atoms with Crippen LogP contribution in [0, 0.1) is 0 Å². The third kappa shape index (κ3) is 2.08. The van der Waals surface area contributed by atoms with E-state index in [2.05, 4.69) is 4.98 Å². The van der Waals surface area contributed by atoms with Gasteiger partial charge in [-0.3, -0.25) is 0 Å². The minimum atomic E-state index is -4.31. The van der Waals surface area contributed by atoms with E-state index >= 15 is 0 Å². The van der Waals surface area contributed by atoms with Crippen molar-refractivity contribution >= 4 is 0 Å². The zero-order valence-corrected chi connectivity index (χ0v) is 8.49. The first-order valence-corrected chi connectivity index (χ1v) is 4.62. The molecule has 0 atom stereocenters. The Kier molecular flexibility index (Phi) is 2.46. The monoisotopic (exact) mass is 226 g/mol. The molecule has 1 heterocycles. The number of hydrogen-bond donors (Lipinski definition) is 0. The Labute approximate surface area is 90.4 Å². The molecule has 0 aliphatic heterocycles. The fourth-order valence-electron chi connectivity index (χ4n) is 1.42. The van der Waals surface area contributed by atoms with E-state index in [9.17, 15) is 13.2 Å². The number of alkyl halides is 3. The smallest absolute Gasteiger partial charge is 0.340 e. The Balaban J connectivity index is 2.44. The van der Waals surface area contributed by atoms with Gasteiger partial charge in [-0.15, -0.1) is 0 Å². The molecule has 2 rings (SSSR count). The van der Waals surface area contributed by atoms with Gasteiger partial charge in [0.2, 0.25) is 0 Å². The predicted molar refractivity (Wildman–Crippen MR) is 53.6 cm³/mol. The molecule has 5 heteroatoms. The lowest BCUT2D eigenvalue weighted by molar-refractivity contribution is -0.137. The van der Waals surface area contributed by atoms with Crippen LogP contribution in [0.2, 0.25) is 0 Å². The Morgan fingerprint density at radius 3 is 2.56 bits per heavy atom. The molecule has 0 N–H and O–H groups in total. The normalized spacial score (nSPS) is 11.8. The van der Waals surface area contributed by atoms with E-state index < -0.39 is 11.7 Å². The molecule has 0 aliphatic carbocycles. The highest BCUT2D eigenvalue weighted by Gasteiger charge is 2.30. The summed E-state index contributed by atoms with van der Waals surface area (Å²) in [4.78, 5) is 4.00. The molecule has 16 heavy (non-hydrogen) atoms. The van der Waals surface area contributed by atoms with Gasteiger partial charge in [-0.1, -0.05) is 12.1 Å². The molecule has 0 radical (unpaired) electrons. The SMILES string of the molecule is Cn1cnc(-c2cccc(C(F)(F)F)c2)c1. The molecule has 0 saturated carbocycles.